The molecule has 0 unspecified atom stereocenters. The van der Waals surface area contributed by atoms with Crippen LogP contribution in [0.5, 0.6) is 0 Å². The molecule has 1 heterocycles. The second-order valence-electron chi connectivity index (χ2n) is 4.38. The molecule has 0 aromatic rings. The average Bonchev–Trinajstić information content (AvgIpc) is 2.26. The van der Waals surface area contributed by atoms with Crippen molar-refractivity contribution in [3.8, 4) is 0 Å². The third-order valence-corrected chi connectivity index (χ3v) is 2.96. The highest BCUT2D eigenvalue weighted by molar-refractivity contribution is 6.74. The molecule has 0 bridgehead atoms. The van der Waals surface area contributed by atoms with Gasteiger partial charge in [0, 0.05) is 0 Å². The van der Waals surface area contributed by atoms with E-state index in [4.69, 9.17) is 0 Å². The summed E-state index contributed by atoms with van der Waals surface area (Å²) < 4.78 is 7.11. The highest BCUT2D eigenvalue weighted by Gasteiger charge is 2.38. The first-order valence-electron chi connectivity index (χ1n) is 6.11. The van der Waals surface area contributed by atoms with Gasteiger partial charge in [-0.1, -0.05) is 34.6 Å². The van der Waals surface area contributed by atoms with Crippen molar-refractivity contribution < 1.29 is 0 Å². The molecular formula is C9H22B3N3. The van der Waals surface area contributed by atoms with E-state index in [9.17, 15) is 0 Å². The summed E-state index contributed by atoms with van der Waals surface area (Å²) in [6, 6.07) is 0. The number of rotatable bonds is 4. The Morgan fingerprint density at radius 3 is 1.67 bits per heavy atom. The molecule has 1 aliphatic heterocycles. The van der Waals surface area contributed by atoms with E-state index in [0.717, 1.165) is 19.6 Å². The Kier molecular flexibility index (Phi) is 5.23. The molecule has 6 heteroatoms. The molecule has 1 rings (SSSR count). The van der Waals surface area contributed by atoms with E-state index in [-0.39, 0.29) is 0 Å². The standard InChI is InChI=1S/C9H22B3N3/c1-6-13-10-14(7-2)12(9(4)5)15(8-3)11-13/h9H,6-8H2,1-5H3. The monoisotopic (exact) mass is 205 g/mol. The molecule has 0 aliphatic carbocycles. The van der Waals surface area contributed by atoms with Gasteiger partial charge in [-0.3, -0.25) is 0 Å². The zero-order valence-corrected chi connectivity index (χ0v) is 10.8. The summed E-state index contributed by atoms with van der Waals surface area (Å²) in [5, 5.41) is 0. The van der Waals surface area contributed by atoms with Gasteiger partial charge in [-0.2, -0.15) is 0 Å². The van der Waals surface area contributed by atoms with Gasteiger partial charge in [0.2, 0.25) is 0 Å². The molecular weight excluding hydrogens is 183 g/mol. The normalized spacial score (nSPS) is 20.5. The largest absolute Gasteiger partial charge is 0.365 e. The van der Waals surface area contributed by atoms with Crippen LogP contribution in [0.1, 0.15) is 34.6 Å². The molecule has 0 aromatic carbocycles. The molecule has 0 N–H and O–H groups in total. The second kappa shape index (κ2) is 5.97. The van der Waals surface area contributed by atoms with Gasteiger partial charge in [0.25, 0.3) is 22.1 Å². The molecule has 1 saturated heterocycles. The summed E-state index contributed by atoms with van der Waals surface area (Å²) in [4.78, 5) is 0. The summed E-state index contributed by atoms with van der Waals surface area (Å²) in [6.07, 6.45) is 0. The van der Waals surface area contributed by atoms with Crippen LogP contribution in [0, 0.1) is 0 Å². The Morgan fingerprint density at radius 1 is 0.933 bits per heavy atom. The van der Waals surface area contributed by atoms with Crippen LogP contribution < -0.4 is 0 Å². The van der Waals surface area contributed by atoms with Gasteiger partial charge in [-0.15, -0.1) is 0 Å². The maximum atomic E-state index is 2.43. The first-order chi connectivity index (χ1) is 7.13. The zero-order chi connectivity index (χ0) is 11.4. The number of hydrogen-bond acceptors (Lipinski definition) is 3. The van der Waals surface area contributed by atoms with Crippen molar-refractivity contribution in [3.05, 3.63) is 0 Å². The summed E-state index contributed by atoms with van der Waals surface area (Å²) in [5.74, 6) is 0.649. The minimum Gasteiger partial charge on any atom is -0.365 e. The molecule has 2 radical (unpaired) electrons. The Morgan fingerprint density at radius 2 is 1.40 bits per heavy atom. The third kappa shape index (κ3) is 3.02. The lowest BCUT2D eigenvalue weighted by Crippen LogP contribution is -2.68. The minimum absolute atomic E-state index is 0.516. The van der Waals surface area contributed by atoms with Gasteiger partial charge < -0.3 is 14.2 Å². The minimum atomic E-state index is 0.516. The van der Waals surface area contributed by atoms with Crippen molar-refractivity contribution in [2.75, 3.05) is 19.6 Å². The lowest BCUT2D eigenvalue weighted by Gasteiger charge is -2.46. The highest BCUT2D eigenvalue weighted by Crippen LogP contribution is 2.18. The summed E-state index contributed by atoms with van der Waals surface area (Å²) in [5.41, 5.74) is 0. The fourth-order valence-electron chi connectivity index (χ4n) is 2.20. The second-order valence-corrected chi connectivity index (χ2v) is 4.38. The molecule has 1 fully saturated rings. The third-order valence-electron chi connectivity index (χ3n) is 2.96. The van der Waals surface area contributed by atoms with Crippen molar-refractivity contribution in [2.24, 2.45) is 0 Å². The molecule has 1 aliphatic rings. The Labute approximate surface area is 96.9 Å². The SMILES string of the molecule is CCN1[B]N(CC)B(C(C)C)N(CC)[B]1. The van der Waals surface area contributed by atoms with Crippen molar-refractivity contribution in [1.82, 2.24) is 14.2 Å². The average molecular weight is 205 g/mol. The smallest absolute Gasteiger partial charge is 0.292 e. The molecule has 3 nitrogen and oxygen atoms in total. The van der Waals surface area contributed by atoms with Gasteiger partial charge in [0.15, 0.2) is 0 Å². The predicted molar refractivity (Wildman–Crippen MR) is 69.5 cm³/mol. The zero-order valence-electron chi connectivity index (χ0n) is 10.8. The number of nitrogens with zero attached hydrogens (tertiary/aromatic N) is 3. The van der Waals surface area contributed by atoms with Crippen LogP contribution in [-0.2, 0) is 0 Å². The highest BCUT2D eigenvalue weighted by atomic mass is 15.3. The van der Waals surface area contributed by atoms with Crippen LogP contribution in [0.2, 0.25) is 5.82 Å². The molecule has 0 saturated carbocycles. The lowest BCUT2D eigenvalue weighted by atomic mass is 9.51. The Hall–Kier alpha value is 0.0748. The van der Waals surface area contributed by atoms with Gasteiger partial charge in [-0.25, -0.2) is 0 Å². The maximum Gasteiger partial charge on any atom is 0.292 e. The Balaban J connectivity index is 2.73. The van der Waals surface area contributed by atoms with Crippen molar-refractivity contribution in [2.45, 2.75) is 40.4 Å². The van der Waals surface area contributed by atoms with E-state index in [1.807, 2.05) is 0 Å². The van der Waals surface area contributed by atoms with Gasteiger partial charge >= 0.3 is 0 Å². The van der Waals surface area contributed by atoms with Gasteiger partial charge in [0.1, 0.15) is 0 Å². The molecule has 82 valence electrons. The maximum absolute atomic E-state index is 2.43. The van der Waals surface area contributed by atoms with Crippen LogP contribution in [0.25, 0.3) is 0 Å². The summed E-state index contributed by atoms with van der Waals surface area (Å²) in [7, 11) is 4.49. The van der Waals surface area contributed by atoms with E-state index >= 15 is 0 Å². The Bertz CT molecular complexity index is 177. The van der Waals surface area contributed by atoms with Crippen molar-refractivity contribution in [3.63, 3.8) is 0 Å². The van der Waals surface area contributed by atoms with E-state index in [0.29, 0.717) is 12.8 Å². The molecule has 0 amide bonds. The number of hydrogen-bond donors (Lipinski definition) is 0. The van der Waals surface area contributed by atoms with E-state index in [1.54, 1.807) is 0 Å². The molecule has 15 heavy (non-hydrogen) atoms. The fourth-order valence-corrected chi connectivity index (χ4v) is 2.20. The van der Waals surface area contributed by atoms with Gasteiger partial charge in [-0.05, 0) is 25.5 Å². The quantitative estimate of drug-likeness (QED) is 0.631. The summed E-state index contributed by atoms with van der Waals surface area (Å²) in [6.45, 7) is 14.9. The first-order valence-corrected chi connectivity index (χ1v) is 6.11. The van der Waals surface area contributed by atoms with Gasteiger partial charge in [0.05, 0.1) is 0 Å². The molecule has 0 aromatic heterocycles. The van der Waals surface area contributed by atoms with Crippen molar-refractivity contribution in [1.29, 1.82) is 0 Å². The fraction of sp³-hybridized carbons (Fsp3) is 1.00. The van der Waals surface area contributed by atoms with Crippen LogP contribution in [0.15, 0.2) is 0 Å². The summed E-state index contributed by atoms with van der Waals surface area (Å²) >= 11 is 0. The van der Waals surface area contributed by atoms with Crippen LogP contribution in [0.3, 0.4) is 0 Å². The topological polar surface area (TPSA) is 9.72 Å². The molecule has 0 atom stereocenters. The first kappa shape index (κ1) is 13.1. The predicted octanol–water partition coefficient (Wildman–Crippen LogP) is 0.932. The van der Waals surface area contributed by atoms with E-state index < -0.39 is 0 Å². The van der Waals surface area contributed by atoms with Crippen LogP contribution in [0.4, 0.5) is 0 Å². The van der Waals surface area contributed by atoms with Crippen molar-refractivity contribution >= 4 is 22.1 Å². The van der Waals surface area contributed by atoms with E-state index in [2.05, 4.69) is 63.9 Å². The van der Waals surface area contributed by atoms with Crippen LogP contribution in [-0.4, -0.2) is 55.9 Å². The van der Waals surface area contributed by atoms with Crippen LogP contribution >= 0.6 is 0 Å². The lowest BCUT2D eigenvalue weighted by molar-refractivity contribution is 0.475. The molecule has 0 spiro atoms. The van der Waals surface area contributed by atoms with E-state index in [1.165, 1.54) is 0 Å².